The molecule has 0 aliphatic carbocycles. The molecule has 1 N–H and O–H groups in total. The number of thiazole rings is 1. The van der Waals surface area contributed by atoms with Crippen molar-refractivity contribution >= 4 is 46.1 Å². The van der Waals surface area contributed by atoms with Crippen molar-refractivity contribution in [3.8, 4) is 10.6 Å². The molecule has 0 spiro atoms. The monoisotopic (exact) mass is 419 g/mol. The SMILES string of the molecule is CCN(CC(=O)Nc1c(Cl)cccc1Cl)Cc1csc(-c2ccccc2)n1. The van der Waals surface area contributed by atoms with Crippen molar-refractivity contribution in [2.45, 2.75) is 13.5 Å². The normalized spacial score (nSPS) is 11.0. The molecule has 3 aromatic rings. The maximum absolute atomic E-state index is 12.4. The lowest BCUT2D eigenvalue weighted by molar-refractivity contribution is -0.117. The minimum Gasteiger partial charge on any atom is -0.322 e. The van der Waals surface area contributed by atoms with Crippen molar-refractivity contribution < 1.29 is 4.79 Å². The van der Waals surface area contributed by atoms with Gasteiger partial charge in [0, 0.05) is 17.5 Å². The second kappa shape index (κ2) is 9.33. The van der Waals surface area contributed by atoms with Gasteiger partial charge in [0.15, 0.2) is 0 Å². The van der Waals surface area contributed by atoms with Gasteiger partial charge in [-0.1, -0.05) is 66.5 Å². The van der Waals surface area contributed by atoms with Crippen LogP contribution in [0.2, 0.25) is 10.0 Å². The standard InChI is InChI=1S/C20H19Cl2N3OS/c1-2-25(12-18(26)24-19-16(21)9-6-10-17(19)22)11-15-13-27-20(23-15)14-7-4-3-5-8-14/h3-10,13H,2,11-12H2,1H3,(H,24,26). The molecule has 1 aromatic heterocycles. The van der Waals surface area contributed by atoms with Crippen molar-refractivity contribution in [3.63, 3.8) is 0 Å². The van der Waals surface area contributed by atoms with E-state index >= 15 is 0 Å². The van der Waals surface area contributed by atoms with Gasteiger partial charge >= 0.3 is 0 Å². The Morgan fingerprint density at radius 1 is 1.11 bits per heavy atom. The largest absolute Gasteiger partial charge is 0.322 e. The Labute approximate surface area is 172 Å². The fourth-order valence-corrected chi connectivity index (χ4v) is 3.91. The van der Waals surface area contributed by atoms with Gasteiger partial charge in [-0.15, -0.1) is 11.3 Å². The first-order chi connectivity index (χ1) is 13.1. The molecule has 0 aliphatic heterocycles. The number of nitrogens with zero attached hydrogens (tertiary/aromatic N) is 2. The van der Waals surface area contributed by atoms with Crippen LogP contribution in [0.3, 0.4) is 0 Å². The molecule has 1 amide bonds. The smallest absolute Gasteiger partial charge is 0.238 e. The number of nitrogens with one attached hydrogen (secondary N) is 1. The molecule has 0 aliphatic rings. The number of anilines is 1. The first kappa shape index (κ1) is 19.8. The highest BCUT2D eigenvalue weighted by Crippen LogP contribution is 2.29. The van der Waals surface area contributed by atoms with Crippen LogP contribution in [0, 0.1) is 0 Å². The van der Waals surface area contributed by atoms with Gasteiger partial charge in [-0.25, -0.2) is 4.98 Å². The van der Waals surface area contributed by atoms with Gasteiger partial charge in [0.25, 0.3) is 0 Å². The van der Waals surface area contributed by atoms with Crippen LogP contribution in [0.15, 0.2) is 53.9 Å². The van der Waals surface area contributed by atoms with Crippen LogP contribution in [0.5, 0.6) is 0 Å². The van der Waals surface area contributed by atoms with Gasteiger partial charge in [-0.05, 0) is 18.7 Å². The minimum atomic E-state index is -0.162. The van der Waals surface area contributed by atoms with E-state index in [0.29, 0.717) is 22.3 Å². The van der Waals surface area contributed by atoms with Crippen LogP contribution in [-0.2, 0) is 11.3 Å². The summed E-state index contributed by atoms with van der Waals surface area (Å²) in [5, 5.41) is 6.66. The Bertz CT molecular complexity index is 894. The Morgan fingerprint density at radius 2 is 1.81 bits per heavy atom. The first-order valence-corrected chi connectivity index (χ1v) is 10.2. The lowest BCUT2D eigenvalue weighted by atomic mass is 10.2. The molecule has 140 valence electrons. The van der Waals surface area contributed by atoms with Crippen molar-refractivity contribution in [3.05, 3.63) is 69.7 Å². The highest BCUT2D eigenvalue weighted by atomic mass is 35.5. The summed E-state index contributed by atoms with van der Waals surface area (Å²) in [4.78, 5) is 19.1. The molecule has 2 aromatic carbocycles. The Hall–Kier alpha value is -1.92. The zero-order valence-corrected chi connectivity index (χ0v) is 17.1. The summed E-state index contributed by atoms with van der Waals surface area (Å²) in [6.07, 6.45) is 0. The highest BCUT2D eigenvalue weighted by molar-refractivity contribution is 7.13. The molecule has 0 saturated carbocycles. The van der Waals surface area contributed by atoms with Crippen molar-refractivity contribution in [2.75, 3.05) is 18.4 Å². The topological polar surface area (TPSA) is 45.2 Å². The summed E-state index contributed by atoms with van der Waals surface area (Å²) in [5.74, 6) is -0.162. The second-order valence-electron chi connectivity index (χ2n) is 5.96. The first-order valence-electron chi connectivity index (χ1n) is 8.53. The van der Waals surface area contributed by atoms with Crippen LogP contribution in [-0.4, -0.2) is 28.9 Å². The third-order valence-corrected chi connectivity index (χ3v) is 5.57. The number of hydrogen-bond acceptors (Lipinski definition) is 4. The van der Waals surface area contributed by atoms with E-state index in [1.54, 1.807) is 29.5 Å². The molecule has 0 bridgehead atoms. The summed E-state index contributed by atoms with van der Waals surface area (Å²) < 4.78 is 0. The average molecular weight is 420 g/mol. The number of halogens is 2. The number of amides is 1. The molecule has 4 nitrogen and oxygen atoms in total. The van der Waals surface area contributed by atoms with Crippen LogP contribution in [0.1, 0.15) is 12.6 Å². The van der Waals surface area contributed by atoms with Crippen molar-refractivity contribution in [2.24, 2.45) is 0 Å². The quantitative estimate of drug-likeness (QED) is 0.543. The number of likely N-dealkylation sites (N-methyl/N-ethyl adjacent to an activating group) is 1. The minimum absolute atomic E-state index is 0.162. The molecule has 0 saturated heterocycles. The third kappa shape index (κ3) is 5.30. The van der Waals surface area contributed by atoms with Gasteiger partial charge in [-0.2, -0.15) is 0 Å². The number of rotatable bonds is 7. The number of benzene rings is 2. The summed E-state index contributed by atoms with van der Waals surface area (Å²) in [7, 11) is 0. The van der Waals surface area contributed by atoms with E-state index in [9.17, 15) is 4.79 Å². The number of carbonyl (C=O) groups is 1. The lowest BCUT2D eigenvalue weighted by Gasteiger charge is -2.19. The lowest BCUT2D eigenvalue weighted by Crippen LogP contribution is -2.33. The van der Waals surface area contributed by atoms with Gasteiger partial charge in [0.2, 0.25) is 5.91 Å². The zero-order valence-electron chi connectivity index (χ0n) is 14.8. The van der Waals surface area contributed by atoms with Gasteiger partial charge in [0.1, 0.15) is 5.01 Å². The molecular weight excluding hydrogens is 401 g/mol. The van der Waals surface area contributed by atoms with Gasteiger partial charge < -0.3 is 5.32 Å². The molecule has 0 atom stereocenters. The predicted molar refractivity (Wildman–Crippen MR) is 114 cm³/mol. The molecular formula is C20H19Cl2N3OS. The summed E-state index contributed by atoms with van der Waals surface area (Å²) in [6, 6.07) is 15.2. The molecule has 7 heteroatoms. The number of aromatic nitrogens is 1. The van der Waals surface area contributed by atoms with E-state index in [0.717, 1.165) is 22.8 Å². The molecule has 0 fully saturated rings. The average Bonchev–Trinajstić information content (AvgIpc) is 3.13. The van der Waals surface area contributed by atoms with E-state index in [4.69, 9.17) is 28.2 Å². The highest BCUT2D eigenvalue weighted by Gasteiger charge is 2.15. The fraction of sp³-hybridized carbons (Fsp3) is 0.200. The summed E-state index contributed by atoms with van der Waals surface area (Å²) in [6.45, 7) is 3.57. The van der Waals surface area contributed by atoms with E-state index in [1.807, 2.05) is 47.5 Å². The molecule has 0 unspecified atom stereocenters. The number of carbonyl (C=O) groups excluding carboxylic acids is 1. The van der Waals surface area contributed by atoms with Crippen LogP contribution in [0.25, 0.3) is 10.6 Å². The Morgan fingerprint density at radius 3 is 2.48 bits per heavy atom. The maximum atomic E-state index is 12.4. The van der Waals surface area contributed by atoms with Gasteiger partial charge in [-0.3, -0.25) is 9.69 Å². The van der Waals surface area contributed by atoms with Crippen LogP contribution >= 0.6 is 34.5 Å². The van der Waals surface area contributed by atoms with E-state index in [1.165, 1.54) is 0 Å². The third-order valence-electron chi connectivity index (χ3n) is 4.00. The van der Waals surface area contributed by atoms with E-state index in [2.05, 4.69) is 5.32 Å². The van der Waals surface area contributed by atoms with E-state index in [-0.39, 0.29) is 12.5 Å². The molecule has 27 heavy (non-hydrogen) atoms. The van der Waals surface area contributed by atoms with Crippen molar-refractivity contribution in [1.82, 2.24) is 9.88 Å². The molecule has 3 rings (SSSR count). The summed E-state index contributed by atoms with van der Waals surface area (Å²) >= 11 is 13.8. The second-order valence-corrected chi connectivity index (χ2v) is 7.63. The Kier molecular flexibility index (Phi) is 6.85. The van der Waals surface area contributed by atoms with Gasteiger partial charge in [0.05, 0.1) is 28.0 Å². The fourth-order valence-electron chi connectivity index (χ4n) is 2.60. The summed E-state index contributed by atoms with van der Waals surface area (Å²) in [5.41, 5.74) is 2.49. The molecule has 1 heterocycles. The zero-order chi connectivity index (χ0) is 19.2. The van der Waals surface area contributed by atoms with Crippen LogP contribution < -0.4 is 5.32 Å². The predicted octanol–water partition coefficient (Wildman–Crippen LogP) is 5.58. The maximum Gasteiger partial charge on any atom is 0.238 e. The van der Waals surface area contributed by atoms with Crippen LogP contribution in [0.4, 0.5) is 5.69 Å². The van der Waals surface area contributed by atoms with Crippen molar-refractivity contribution in [1.29, 1.82) is 0 Å². The molecule has 0 radical (unpaired) electrons. The Balaban J connectivity index is 1.62. The van der Waals surface area contributed by atoms with E-state index < -0.39 is 0 Å². The number of para-hydroxylation sites is 1. The number of hydrogen-bond donors (Lipinski definition) is 1.